The summed E-state index contributed by atoms with van der Waals surface area (Å²) in [7, 11) is 3.07. The second-order valence-electron chi connectivity index (χ2n) is 7.65. The molecule has 0 aliphatic carbocycles. The van der Waals surface area contributed by atoms with Gasteiger partial charge in [-0.3, -0.25) is 18.5 Å². The van der Waals surface area contributed by atoms with E-state index in [1.54, 1.807) is 23.7 Å². The Labute approximate surface area is 194 Å². The zero-order valence-corrected chi connectivity index (χ0v) is 19.3. The highest BCUT2D eigenvalue weighted by Gasteiger charge is 2.20. The van der Waals surface area contributed by atoms with Gasteiger partial charge in [0.1, 0.15) is 0 Å². The lowest BCUT2D eigenvalue weighted by atomic mass is 10.1. The fourth-order valence-electron chi connectivity index (χ4n) is 3.69. The van der Waals surface area contributed by atoms with Gasteiger partial charge in [0.15, 0.2) is 11.2 Å². The van der Waals surface area contributed by atoms with Crippen molar-refractivity contribution < 1.29 is 0 Å². The van der Waals surface area contributed by atoms with Gasteiger partial charge in [0.05, 0.1) is 6.54 Å². The van der Waals surface area contributed by atoms with Crippen LogP contribution in [0.25, 0.3) is 11.2 Å². The third-order valence-corrected chi connectivity index (χ3v) is 6.05. The zero-order valence-electron chi connectivity index (χ0n) is 17.8. The first-order chi connectivity index (χ1) is 15.4. The number of benzene rings is 2. The van der Waals surface area contributed by atoms with Crippen molar-refractivity contribution in [3.05, 3.63) is 90.5 Å². The van der Waals surface area contributed by atoms with E-state index in [-0.39, 0.29) is 0 Å². The second kappa shape index (κ2) is 9.22. The molecule has 2 heterocycles. The van der Waals surface area contributed by atoms with Gasteiger partial charge in [-0.25, -0.2) is 4.79 Å². The van der Waals surface area contributed by atoms with Crippen molar-refractivity contribution in [3.63, 3.8) is 0 Å². The van der Waals surface area contributed by atoms with Crippen molar-refractivity contribution in [1.29, 1.82) is 0 Å². The molecule has 166 valence electrons. The molecule has 1 N–H and O–H groups in total. The smallest absolute Gasteiger partial charge is 0.332 e. The summed E-state index contributed by atoms with van der Waals surface area (Å²) in [5, 5.41) is 4.37. The minimum Gasteiger partial charge on any atom is -0.356 e. The molecule has 4 rings (SSSR count). The molecule has 0 radical (unpaired) electrons. The molecule has 0 atom stereocenters. The Morgan fingerprint density at radius 2 is 1.75 bits per heavy atom. The number of hydrogen-bond donors (Lipinski definition) is 1. The van der Waals surface area contributed by atoms with Gasteiger partial charge < -0.3 is 5.32 Å². The van der Waals surface area contributed by atoms with E-state index in [0.717, 1.165) is 23.0 Å². The number of halogens is 2. The van der Waals surface area contributed by atoms with Crippen LogP contribution in [0.15, 0.2) is 58.1 Å². The van der Waals surface area contributed by atoms with Gasteiger partial charge in [-0.05, 0) is 36.1 Å². The molecule has 0 unspecified atom stereocenters. The number of aromatic nitrogens is 4. The standard InChI is InChI=1S/C23H23Cl2N5O2/c1-28-20-19(21(31)29(2)23(28)32)30(14-16-10-11-17(24)13-18(16)25)22(27-20)26-12-6-9-15-7-4-3-5-8-15/h3-5,7-8,10-11,13H,6,9,12,14H2,1-2H3,(H,26,27). The number of imidazole rings is 1. The number of anilines is 1. The SMILES string of the molecule is Cn1c(=O)c2c(nc(NCCCc3ccccc3)n2Cc2ccc(Cl)cc2Cl)n(C)c1=O. The lowest BCUT2D eigenvalue weighted by Crippen LogP contribution is -2.37. The first-order valence-electron chi connectivity index (χ1n) is 10.2. The summed E-state index contributed by atoms with van der Waals surface area (Å²) in [4.78, 5) is 30.0. The van der Waals surface area contributed by atoms with Gasteiger partial charge in [-0.15, -0.1) is 0 Å². The first kappa shape index (κ1) is 22.2. The van der Waals surface area contributed by atoms with E-state index in [0.29, 0.717) is 40.2 Å². The molecule has 0 aliphatic rings. The fourth-order valence-corrected chi connectivity index (χ4v) is 4.16. The van der Waals surface area contributed by atoms with Gasteiger partial charge >= 0.3 is 5.69 Å². The van der Waals surface area contributed by atoms with E-state index in [1.807, 2.05) is 24.3 Å². The molecule has 0 saturated heterocycles. The maximum absolute atomic E-state index is 13.0. The van der Waals surface area contributed by atoms with Crippen LogP contribution in [0.1, 0.15) is 17.5 Å². The highest BCUT2D eigenvalue weighted by Crippen LogP contribution is 2.25. The third-order valence-electron chi connectivity index (χ3n) is 5.46. The Balaban J connectivity index is 1.71. The lowest BCUT2D eigenvalue weighted by molar-refractivity contribution is 0.702. The van der Waals surface area contributed by atoms with E-state index >= 15 is 0 Å². The van der Waals surface area contributed by atoms with E-state index in [4.69, 9.17) is 23.2 Å². The van der Waals surface area contributed by atoms with Crippen molar-refractivity contribution in [2.45, 2.75) is 19.4 Å². The highest BCUT2D eigenvalue weighted by atomic mass is 35.5. The molecule has 0 amide bonds. The molecule has 9 heteroatoms. The number of nitrogens with zero attached hydrogens (tertiary/aromatic N) is 4. The van der Waals surface area contributed by atoms with Gasteiger partial charge in [0.2, 0.25) is 5.95 Å². The normalized spacial score (nSPS) is 11.2. The topological polar surface area (TPSA) is 73.8 Å². The largest absolute Gasteiger partial charge is 0.356 e. The van der Waals surface area contributed by atoms with Crippen LogP contribution >= 0.6 is 23.2 Å². The fraction of sp³-hybridized carbons (Fsp3) is 0.261. The summed E-state index contributed by atoms with van der Waals surface area (Å²) in [6, 6.07) is 15.5. The monoisotopic (exact) mass is 471 g/mol. The Kier molecular flexibility index (Phi) is 6.39. The van der Waals surface area contributed by atoms with Crippen LogP contribution < -0.4 is 16.6 Å². The number of nitrogens with one attached hydrogen (secondary N) is 1. The average Bonchev–Trinajstić information content (AvgIpc) is 3.14. The second-order valence-corrected chi connectivity index (χ2v) is 8.49. The molecule has 0 aliphatic heterocycles. The van der Waals surface area contributed by atoms with E-state index in [2.05, 4.69) is 22.4 Å². The van der Waals surface area contributed by atoms with Gasteiger partial charge in [0.25, 0.3) is 5.56 Å². The quantitative estimate of drug-likeness (QED) is 0.415. The predicted molar refractivity (Wildman–Crippen MR) is 129 cm³/mol. The summed E-state index contributed by atoms with van der Waals surface area (Å²) in [6.07, 6.45) is 1.79. The molecule has 0 fully saturated rings. The van der Waals surface area contributed by atoms with E-state index in [1.165, 1.54) is 17.2 Å². The van der Waals surface area contributed by atoms with Crippen LogP contribution in [-0.4, -0.2) is 25.2 Å². The Bertz CT molecular complexity index is 1390. The molecule has 7 nitrogen and oxygen atoms in total. The Morgan fingerprint density at radius 3 is 2.47 bits per heavy atom. The van der Waals surface area contributed by atoms with Crippen molar-refractivity contribution in [1.82, 2.24) is 18.7 Å². The van der Waals surface area contributed by atoms with Crippen molar-refractivity contribution >= 4 is 40.3 Å². The Hall–Kier alpha value is -3.03. The number of aryl methyl sites for hydroxylation is 2. The van der Waals surface area contributed by atoms with Gasteiger partial charge in [0, 0.05) is 30.7 Å². The van der Waals surface area contributed by atoms with Crippen molar-refractivity contribution in [3.8, 4) is 0 Å². The predicted octanol–water partition coefficient (Wildman–Crippen LogP) is 3.83. The summed E-state index contributed by atoms with van der Waals surface area (Å²) in [5.41, 5.74) is 1.89. The molecule has 0 saturated carbocycles. The minimum absolute atomic E-state index is 0.307. The van der Waals surface area contributed by atoms with E-state index < -0.39 is 11.2 Å². The van der Waals surface area contributed by atoms with Crippen molar-refractivity contribution in [2.75, 3.05) is 11.9 Å². The first-order valence-corrected chi connectivity index (χ1v) is 11.0. The van der Waals surface area contributed by atoms with Crippen LogP contribution in [-0.2, 0) is 27.1 Å². The molecule has 0 bridgehead atoms. The minimum atomic E-state index is -0.424. The third kappa shape index (κ3) is 4.31. The summed E-state index contributed by atoms with van der Waals surface area (Å²) < 4.78 is 4.24. The van der Waals surface area contributed by atoms with Crippen molar-refractivity contribution in [2.24, 2.45) is 14.1 Å². The maximum atomic E-state index is 13.0. The molecule has 0 spiro atoms. The molecule has 2 aromatic heterocycles. The molecule has 2 aromatic carbocycles. The number of rotatable bonds is 7. The maximum Gasteiger partial charge on any atom is 0.332 e. The van der Waals surface area contributed by atoms with Gasteiger partial charge in [-0.1, -0.05) is 59.6 Å². The van der Waals surface area contributed by atoms with Gasteiger partial charge in [-0.2, -0.15) is 4.98 Å². The summed E-state index contributed by atoms with van der Waals surface area (Å²) in [6.45, 7) is 0.960. The number of fused-ring (bicyclic) bond motifs is 1. The van der Waals surface area contributed by atoms with Crippen LogP contribution in [0.5, 0.6) is 0 Å². The van der Waals surface area contributed by atoms with E-state index in [9.17, 15) is 9.59 Å². The molecular formula is C23H23Cl2N5O2. The lowest BCUT2D eigenvalue weighted by Gasteiger charge is -2.12. The average molecular weight is 472 g/mol. The summed E-state index contributed by atoms with van der Waals surface area (Å²) >= 11 is 12.4. The van der Waals surface area contributed by atoms with Crippen LogP contribution in [0.3, 0.4) is 0 Å². The molecular weight excluding hydrogens is 449 g/mol. The van der Waals surface area contributed by atoms with Crippen LogP contribution in [0, 0.1) is 0 Å². The summed E-state index contributed by atoms with van der Waals surface area (Å²) in [5.74, 6) is 0.511. The molecule has 32 heavy (non-hydrogen) atoms. The highest BCUT2D eigenvalue weighted by molar-refractivity contribution is 6.35. The number of hydrogen-bond acceptors (Lipinski definition) is 4. The van der Waals surface area contributed by atoms with Crippen LogP contribution in [0.2, 0.25) is 10.0 Å². The zero-order chi connectivity index (χ0) is 22.8. The Morgan fingerprint density at radius 1 is 1.00 bits per heavy atom. The molecule has 4 aromatic rings. The van der Waals surface area contributed by atoms with Crippen LogP contribution in [0.4, 0.5) is 5.95 Å².